The van der Waals surface area contributed by atoms with Crippen LogP contribution < -0.4 is 0 Å². The average Bonchev–Trinajstić information content (AvgIpc) is 3.25. The summed E-state index contributed by atoms with van der Waals surface area (Å²) in [5, 5.41) is 20.6. The van der Waals surface area contributed by atoms with E-state index in [-0.39, 0.29) is 22.8 Å². The van der Waals surface area contributed by atoms with Crippen molar-refractivity contribution in [2.75, 3.05) is 26.4 Å². The number of hydrogen-bond donors (Lipinski definition) is 2. The lowest BCUT2D eigenvalue weighted by Crippen LogP contribution is -2.27. The minimum atomic E-state index is -0.276. The van der Waals surface area contributed by atoms with E-state index in [1.54, 1.807) is 12.4 Å². The van der Waals surface area contributed by atoms with Gasteiger partial charge in [0.05, 0.1) is 12.4 Å². The van der Waals surface area contributed by atoms with Crippen molar-refractivity contribution in [2.45, 2.75) is 97.8 Å². The van der Waals surface area contributed by atoms with E-state index in [2.05, 4.69) is 27.7 Å². The summed E-state index contributed by atoms with van der Waals surface area (Å²) in [4.78, 5) is 0. The molecule has 0 aliphatic rings. The molecule has 0 saturated carbocycles. The molecule has 0 aliphatic heterocycles. The smallest absolute Gasteiger partial charge is 0.210 e. The lowest BCUT2D eigenvalue weighted by molar-refractivity contribution is 0.0735. The first-order chi connectivity index (χ1) is 16.5. The SMILES string of the molecule is CCn1cc(O)n(C(C)(C)CCCOCCCOCCCC(C)(C)n2c(O)cn(CC)c2=S)c1=S. The van der Waals surface area contributed by atoms with E-state index in [1.807, 2.05) is 32.1 Å². The lowest BCUT2D eigenvalue weighted by atomic mass is 9.98. The third-order valence-corrected chi connectivity index (χ3v) is 7.33. The van der Waals surface area contributed by atoms with Crippen molar-refractivity contribution < 1.29 is 19.7 Å². The molecule has 0 aromatic carbocycles. The highest BCUT2D eigenvalue weighted by molar-refractivity contribution is 7.71. The molecule has 2 rings (SSSR count). The Kier molecular flexibility index (Phi) is 11.1. The van der Waals surface area contributed by atoms with E-state index < -0.39 is 0 Å². The Balaban J connectivity index is 1.59. The molecule has 0 spiro atoms. The van der Waals surface area contributed by atoms with Crippen LogP contribution in [-0.2, 0) is 33.6 Å². The molecule has 0 fully saturated rings. The monoisotopic (exact) mass is 528 g/mol. The Morgan fingerprint density at radius 1 is 0.686 bits per heavy atom. The molecule has 2 heterocycles. The number of ether oxygens (including phenoxy) is 2. The maximum Gasteiger partial charge on any atom is 0.210 e. The molecule has 0 unspecified atom stereocenters. The first-order valence-electron chi connectivity index (χ1n) is 12.6. The van der Waals surface area contributed by atoms with Crippen LogP contribution in [0, 0.1) is 9.54 Å². The third-order valence-electron chi connectivity index (χ3n) is 6.50. The molecule has 0 bridgehead atoms. The van der Waals surface area contributed by atoms with Crippen LogP contribution in [0.4, 0.5) is 0 Å². The van der Waals surface area contributed by atoms with Gasteiger partial charge in [-0.15, -0.1) is 0 Å². The van der Waals surface area contributed by atoms with Crippen LogP contribution in [0.15, 0.2) is 12.4 Å². The standard InChI is InChI=1S/C25H44N4O4S2/c1-7-26-18-20(30)28(22(26)34)24(3,4)12-9-14-32-16-11-17-33-15-10-13-25(5,6)29-21(31)19-27(8-2)23(29)35/h18-19,30-31H,7-17H2,1-6H3. The van der Waals surface area contributed by atoms with Gasteiger partial charge in [0.2, 0.25) is 11.8 Å². The van der Waals surface area contributed by atoms with Gasteiger partial charge in [-0.05, 0) is 98.1 Å². The van der Waals surface area contributed by atoms with E-state index >= 15 is 0 Å². The molecule has 0 saturated heterocycles. The largest absolute Gasteiger partial charge is 0.493 e. The summed E-state index contributed by atoms with van der Waals surface area (Å²) in [6, 6.07) is 0. The van der Waals surface area contributed by atoms with Gasteiger partial charge in [-0.25, -0.2) is 0 Å². The van der Waals surface area contributed by atoms with E-state index in [4.69, 9.17) is 33.9 Å². The van der Waals surface area contributed by atoms with Gasteiger partial charge in [-0.3, -0.25) is 9.13 Å². The Hall–Kier alpha value is -1.62. The zero-order valence-electron chi connectivity index (χ0n) is 22.2. The van der Waals surface area contributed by atoms with Crippen molar-refractivity contribution in [3.05, 3.63) is 21.9 Å². The molecule has 2 aromatic rings. The minimum Gasteiger partial charge on any atom is -0.493 e. The highest BCUT2D eigenvalue weighted by atomic mass is 32.1. The molecular weight excluding hydrogens is 484 g/mol. The fraction of sp³-hybridized carbons (Fsp3) is 0.760. The topological polar surface area (TPSA) is 78.6 Å². The van der Waals surface area contributed by atoms with Gasteiger partial charge in [0, 0.05) is 50.6 Å². The highest BCUT2D eigenvalue weighted by Crippen LogP contribution is 2.29. The molecule has 0 amide bonds. The van der Waals surface area contributed by atoms with Gasteiger partial charge in [0.1, 0.15) is 0 Å². The number of rotatable bonds is 16. The van der Waals surface area contributed by atoms with Gasteiger partial charge < -0.3 is 28.8 Å². The van der Waals surface area contributed by atoms with Gasteiger partial charge in [-0.2, -0.15) is 0 Å². The molecule has 10 heteroatoms. The number of nitrogens with zero attached hydrogens (tertiary/aromatic N) is 4. The summed E-state index contributed by atoms with van der Waals surface area (Å²) in [6.45, 7) is 16.5. The lowest BCUT2D eigenvalue weighted by Gasteiger charge is -2.27. The fourth-order valence-electron chi connectivity index (χ4n) is 4.45. The molecule has 2 aromatic heterocycles. The number of aromatic nitrogens is 4. The van der Waals surface area contributed by atoms with E-state index in [0.717, 1.165) is 45.2 Å². The molecular formula is C25H44N4O4S2. The van der Waals surface area contributed by atoms with Crippen LogP contribution in [0.2, 0.25) is 0 Å². The Morgan fingerprint density at radius 3 is 1.34 bits per heavy atom. The Morgan fingerprint density at radius 2 is 1.03 bits per heavy atom. The molecule has 8 nitrogen and oxygen atoms in total. The predicted molar refractivity (Wildman–Crippen MR) is 145 cm³/mol. The van der Waals surface area contributed by atoms with E-state index in [0.29, 0.717) is 36.0 Å². The van der Waals surface area contributed by atoms with Crippen LogP contribution >= 0.6 is 24.4 Å². The molecule has 0 aliphatic carbocycles. The number of imidazole rings is 2. The van der Waals surface area contributed by atoms with E-state index in [1.165, 1.54) is 0 Å². The Bertz CT molecular complexity index is 967. The average molecular weight is 529 g/mol. The Labute approximate surface area is 220 Å². The number of aromatic hydroxyl groups is 2. The summed E-state index contributed by atoms with van der Waals surface area (Å²) in [5.41, 5.74) is -0.551. The second-order valence-electron chi connectivity index (χ2n) is 10.2. The van der Waals surface area contributed by atoms with Crippen LogP contribution in [-0.4, -0.2) is 54.9 Å². The number of aryl methyl sites for hydroxylation is 2. The highest BCUT2D eigenvalue weighted by Gasteiger charge is 2.25. The van der Waals surface area contributed by atoms with Crippen molar-refractivity contribution in [3.8, 4) is 11.8 Å². The summed E-state index contributed by atoms with van der Waals surface area (Å²) < 4.78 is 20.3. The van der Waals surface area contributed by atoms with Crippen molar-refractivity contribution >= 4 is 24.4 Å². The third kappa shape index (κ3) is 7.68. The maximum atomic E-state index is 10.3. The molecule has 35 heavy (non-hydrogen) atoms. The summed E-state index contributed by atoms with van der Waals surface area (Å²) in [5.74, 6) is 0.422. The van der Waals surface area contributed by atoms with Crippen LogP contribution in [0.1, 0.15) is 73.6 Å². The summed E-state index contributed by atoms with van der Waals surface area (Å²) in [6.07, 6.45) is 7.73. The van der Waals surface area contributed by atoms with Gasteiger partial charge in [-0.1, -0.05) is 0 Å². The molecule has 0 radical (unpaired) electrons. The van der Waals surface area contributed by atoms with Gasteiger partial charge in [0.15, 0.2) is 9.54 Å². The summed E-state index contributed by atoms with van der Waals surface area (Å²) in [7, 11) is 0. The van der Waals surface area contributed by atoms with Crippen LogP contribution in [0.3, 0.4) is 0 Å². The van der Waals surface area contributed by atoms with Crippen LogP contribution in [0.25, 0.3) is 0 Å². The van der Waals surface area contributed by atoms with Gasteiger partial charge >= 0.3 is 0 Å². The van der Waals surface area contributed by atoms with Gasteiger partial charge in [0.25, 0.3) is 0 Å². The normalized spacial score (nSPS) is 12.5. The minimum absolute atomic E-state index is 0.211. The van der Waals surface area contributed by atoms with E-state index in [9.17, 15) is 10.2 Å². The quantitative estimate of drug-likeness (QED) is 0.207. The summed E-state index contributed by atoms with van der Waals surface area (Å²) >= 11 is 11.0. The first-order valence-corrected chi connectivity index (χ1v) is 13.5. The second-order valence-corrected chi connectivity index (χ2v) is 10.9. The van der Waals surface area contributed by atoms with Crippen molar-refractivity contribution in [3.63, 3.8) is 0 Å². The van der Waals surface area contributed by atoms with Crippen molar-refractivity contribution in [2.24, 2.45) is 0 Å². The predicted octanol–water partition coefficient (Wildman–Crippen LogP) is 5.96. The molecule has 200 valence electrons. The van der Waals surface area contributed by atoms with Crippen LogP contribution in [0.5, 0.6) is 11.8 Å². The maximum absolute atomic E-state index is 10.3. The zero-order chi connectivity index (χ0) is 26.2. The second kappa shape index (κ2) is 13.1. The number of hydrogen-bond acceptors (Lipinski definition) is 6. The zero-order valence-corrected chi connectivity index (χ0v) is 23.9. The fourth-order valence-corrected chi connectivity index (χ4v) is 5.50. The first kappa shape index (κ1) is 29.6. The van der Waals surface area contributed by atoms with Crippen molar-refractivity contribution in [1.29, 1.82) is 0 Å². The molecule has 0 atom stereocenters. The van der Waals surface area contributed by atoms with Crippen molar-refractivity contribution in [1.82, 2.24) is 18.3 Å². The molecule has 2 N–H and O–H groups in total.